The first-order valence-electron chi connectivity index (χ1n) is 3.91. The number of halogens is 2. The minimum atomic E-state index is -2.73. The fourth-order valence-corrected chi connectivity index (χ4v) is 1.38. The van der Waals surface area contributed by atoms with Gasteiger partial charge < -0.3 is 10.1 Å². The van der Waals surface area contributed by atoms with E-state index in [0.717, 1.165) is 6.92 Å². The Kier molecular flexibility index (Phi) is 2.67. The Bertz CT molecular complexity index is 186. The fraction of sp³-hybridized carbons (Fsp3) is 0.750. The van der Waals surface area contributed by atoms with Crippen LogP contribution in [0.5, 0.6) is 0 Å². The number of nitrogens with one attached hydrogen (secondary N) is 1. The van der Waals surface area contributed by atoms with Gasteiger partial charge in [-0.25, -0.2) is 8.78 Å². The monoisotopic (exact) mass is 177 g/mol. The third-order valence-corrected chi connectivity index (χ3v) is 1.91. The first-order valence-corrected chi connectivity index (χ1v) is 3.91. The molecule has 1 atom stereocenters. The maximum atomic E-state index is 12.9. The molecule has 0 aromatic rings. The molecule has 0 fully saturated rings. The fourth-order valence-electron chi connectivity index (χ4n) is 1.38. The number of ether oxygens (including phenoxy) is 1. The zero-order valence-corrected chi connectivity index (χ0v) is 7.23. The lowest BCUT2D eigenvalue weighted by Crippen LogP contribution is -2.42. The van der Waals surface area contributed by atoms with Crippen LogP contribution in [0.3, 0.4) is 0 Å². The average Bonchev–Trinajstić information content (AvgIpc) is 2.38. The molecule has 1 unspecified atom stereocenters. The summed E-state index contributed by atoms with van der Waals surface area (Å²) in [4.78, 5) is 0. The standard InChI is InChI=1S/C8H13F2NO/c1-8(9,10)7(11-2)6-3-4-12-5-6/h5,7,11H,3-4H2,1-2H3. The number of likely N-dealkylation sites (N-methyl/N-ethyl adjacent to an activating group) is 1. The molecule has 2 nitrogen and oxygen atoms in total. The normalized spacial score (nSPS) is 20.2. The van der Waals surface area contributed by atoms with Crippen LogP contribution in [0, 0.1) is 0 Å². The lowest BCUT2D eigenvalue weighted by atomic mass is 10.0. The van der Waals surface area contributed by atoms with E-state index in [0.29, 0.717) is 18.6 Å². The van der Waals surface area contributed by atoms with E-state index in [4.69, 9.17) is 4.74 Å². The van der Waals surface area contributed by atoms with Crippen molar-refractivity contribution in [3.05, 3.63) is 11.8 Å². The molecule has 70 valence electrons. The first kappa shape index (κ1) is 9.45. The smallest absolute Gasteiger partial charge is 0.264 e. The second kappa shape index (κ2) is 3.39. The maximum absolute atomic E-state index is 12.9. The highest BCUT2D eigenvalue weighted by atomic mass is 19.3. The van der Waals surface area contributed by atoms with Crippen molar-refractivity contribution < 1.29 is 13.5 Å². The minimum Gasteiger partial charge on any atom is -0.501 e. The Morgan fingerprint density at radius 2 is 2.33 bits per heavy atom. The van der Waals surface area contributed by atoms with Gasteiger partial charge in [-0.3, -0.25) is 0 Å². The van der Waals surface area contributed by atoms with Gasteiger partial charge >= 0.3 is 0 Å². The molecule has 1 heterocycles. The molecule has 0 radical (unpaired) electrons. The number of hydrogen-bond acceptors (Lipinski definition) is 2. The molecule has 12 heavy (non-hydrogen) atoms. The lowest BCUT2D eigenvalue weighted by Gasteiger charge is -2.23. The van der Waals surface area contributed by atoms with Crippen LogP contribution in [0.2, 0.25) is 0 Å². The van der Waals surface area contributed by atoms with Gasteiger partial charge in [-0.15, -0.1) is 0 Å². The summed E-state index contributed by atoms with van der Waals surface area (Å²) in [5, 5.41) is 2.59. The second-order valence-electron chi connectivity index (χ2n) is 2.99. The van der Waals surface area contributed by atoms with Gasteiger partial charge in [0.25, 0.3) is 5.92 Å². The van der Waals surface area contributed by atoms with Crippen molar-refractivity contribution in [1.82, 2.24) is 5.32 Å². The van der Waals surface area contributed by atoms with Gasteiger partial charge in [0.15, 0.2) is 0 Å². The van der Waals surface area contributed by atoms with E-state index in [1.54, 1.807) is 0 Å². The van der Waals surface area contributed by atoms with Crippen LogP contribution in [0.15, 0.2) is 11.8 Å². The molecule has 0 aromatic heterocycles. The van der Waals surface area contributed by atoms with E-state index in [-0.39, 0.29) is 0 Å². The van der Waals surface area contributed by atoms with Gasteiger partial charge in [0, 0.05) is 13.3 Å². The van der Waals surface area contributed by atoms with Crippen LogP contribution in [0.4, 0.5) is 8.78 Å². The summed E-state index contributed by atoms with van der Waals surface area (Å²) in [6, 6.07) is -0.889. The zero-order chi connectivity index (χ0) is 9.19. The molecule has 0 spiro atoms. The summed E-state index contributed by atoms with van der Waals surface area (Å²) >= 11 is 0. The van der Waals surface area contributed by atoms with Crippen molar-refractivity contribution in [2.45, 2.75) is 25.3 Å². The molecule has 0 aliphatic carbocycles. The second-order valence-corrected chi connectivity index (χ2v) is 2.99. The van der Waals surface area contributed by atoms with Crippen LogP contribution < -0.4 is 5.32 Å². The molecule has 1 rings (SSSR count). The number of hydrogen-bond donors (Lipinski definition) is 1. The van der Waals surface area contributed by atoms with E-state index in [1.807, 2.05) is 0 Å². The lowest BCUT2D eigenvalue weighted by molar-refractivity contribution is -0.00432. The summed E-state index contributed by atoms with van der Waals surface area (Å²) in [6.07, 6.45) is 2.02. The summed E-state index contributed by atoms with van der Waals surface area (Å²) in [5.74, 6) is -2.73. The molecular formula is C8H13F2NO. The van der Waals surface area contributed by atoms with Crippen LogP contribution in [0.25, 0.3) is 0 Å². The molecule has 0 aromatic carbocycles. The van der Waals surface area contributed by atoms with Crippen molar-refractivity contribution >= 4 is 0 Å². The third kappa shape index (κ3) is 1.94. The SMILES string of the molecule is CNC(C1=COCC1)C(C)(F)F. The van der Waals surface area contributed by atoms with Crippen LogP contribution in [-0.4, -0.2) is 25.6 Å². The Morgan fingerprint density at radius 1 is 1.67 bits per heavy atom. The average molecular weight is 177 g/mol. The molecule has 0 saturated carbocycles. The Labute approximate surface area is 70.6 Å². The van der Waals surface area contributed by atoms with Crippen molar-refractivity contribution in [1.29, 1.82) is 0 Å². The van der Waals surface area contributed by atoms with E-state index in [9.17, 15) is 8.78 Å². The molecule has 1 N–H and O–H groups in total. The number of rotatable bonds is 3. The van der Waals surface area contributed by atoms with Gasteiger partial charge in [-0.2, -0.15) is 0 Å². The van der Waals surface area contributed by atoms with Gasteiger partial charge in [0.2, 0.25) is 0 Å². The van der Waals surface area contributed by atoms with Crippen LogP contribution in [0.1, 0.15) is 13.3 Å². The van der Waals surface area contributed by atoms with Crippen molar-refractivity contribution in [3.63, 3.8) is 0 Å². The van der Waals surface area contributed by atoms with E-state index >= 15 is 0 Å². The molecule has 0 bridgehead atoms. The predicted octanol–water partition coefficient (Wildman–Crippen LogP) is 1.53. The molecule has 1 aliphatic heterocycles. The molecule has 1 aliphatic rings. The highest BCUT2D eigenvalue weighted by Crippen LogP contribution is 2.27. The highest BCUT2D eigenvalue weighted by molar-refractivity contribution is 5.14. The quantitative estimate of drug-likeness (QED) is 0.706. The largest absolute Gasteiger partial charge is 0.501 e. The van der Waals surface area contributed by atoms with E-state index < -0.39 is 12.0 Å². The summed E-state index contributed by atoms with van der Waals surface area (Å²) in [6.45, 7) is 1.43. The third-order valence-electron chi connectivity index (χ3n) is 1.91. The van der Waals surface area contributed by atoms with E-state index in [1.165, 1.54) is 13.3 Å². The Balaban J connectivity index is 2.68. The zero-order valence-electron chi connectivity index (χ0n) is 7.23. The van der Waals surface area contributed by atoms with Gasteiger partial charge in [0.1, 0.15) is 0 Å². The van der Waals surface area contributed by atoms with Gasteiger partial charge in [0.05, 0.1) is 18.9 Å². The van der Waals surface area contributed by atoms with Crippen molar-refractivity contribution in [2.24, 2.45) is 0 Å². The first-order chi connectivity index (χ1) is 5.55. The van der Waals surface area contributed by atoms with Crippen molar-refractivity contribution in [2.75, 3.05) is 13.7 Å². The van der Waals surface area contributed by atoms with E-state index in [2.05, 4.69) is 5.32 Å². The predicted molar refractivity (Wildman–Crippen MR) is 42.1 cm³/mol. The Morgan fingerprint density at radius 3 is 2.67 bits per heavy atom. The van der Waals surface area contributed by atoms with Gasteiger partial charge in [-0.1, -0.05) is 0 Å². The number of alkyl halides is 2. The van der Waals surface area contributed by atoms with Crippen molar-refractivity contribution in [3.8, 4) is 0 Å². The molecular weight excluding hydrogens is 164 g/mol. The topological polar surface area (TPSA) is 21.3 Å². The summed E-state index contributed by atoms with van der Waals surface area (Å²) in [7, 11) is 1.53. The summed E-state index contributed by atoms with van der Waals surface area (Å²) in [5.41, 5.74) is 0.644. The Hall–Kier alpha value is -0.640. The highest BCUT2D eigenvalue weighted by Gasteiger charge is 2.36. The summed E-state index contributed by atoms with van der Waals surface area (Å²) < 4.78 is 30.7. The van der Waals surface area contributed by atoms with Crippen LogP contribution in [-0.2, 0) is 4.74 Å². The molecule has 0 amide bonds. The van der Waals surface area contributed by atoms with Gasteiger partial charge in [-0.05, 0) is 12.6 Å². The maximum Gasteiger partial charge on any atom is 0.264 e. The minimum absolute atomic E-state index is 0.517. The van der Waals surface area contributed by atoms with Crippen LogP contribution >= 0.6 is 0 Å². The molecule has 0 saturated heterocycles. The molecule has 4 heteroatoms.